The van der Waals surface area contributed by atoms with Crippen LogP contribution in [0.4, 0.5) is 11.4 Å². The fourth-order valence-corrected chi connectivity index (χ4v) is 3.33. The predicted molar refractivity (Wildman–Crippen MR) is 88.8 cm³/mol. The molecule has 21 heavy (non-hydrogen) atoms. The van der Waals surface area contributed by atoms with Crippen molar-refractivity contribution < 1.29 is 4.74 Å². The molecule has 0 radical (unpaired) electrons. The Morgan fingerprint density at radius 3 is 2.33 bits per heavy atom. The van der Waals surface area contributed by atoms with E-state index in [1.165, 1.54) is 18.5 Å². The number of piperidine rings is 1. The van der Waals surface area contributed by atoms with Gasteiger partial charge in [0.1, 0.15) is 0 Å². The van der Waals surface area contributed by atoms with Gasteiger partial charge in [-0.1, -0.05) is 0 Å². The fourth-order valence-electron chi connectivity index (χ4n) is 3.22. The van der Waals surface area contributed by atoms with Crippen molar-refractivity contribution in [3.05, 3.63) is 24.3 Å². The van der Waals surface area contributed by atoms with Crippen LogP contribution in [0.5, 0.6) is 0 Å². The van der Waals surface area contributed by atoms with Gasteiger partial charge in [0.2, 0.25) is 0 Å². The number of thiocarbonyl (C=S) groups is 1. The Morgan fingerprint density at radius 2 is 1.71 bits per heavy atom. The highest BCUT2D eigenvalue weighted by atomic mass is 32.1. The first-order chi connectivity index (χ1) is 10.4. The smallest absolute Gasteiger partial charge is 0.0741 e. The summed E-state index contributed by atoms with van der Waals surface area (Å²) in [6.07, 6.45) is 2.47. The Morgan fingerprint density at radius 1 is 1.05 bits per heavy atom. The molecule has 2 heterocycles. The van der Waals surface area contributed by atoms with Crippen molar-refractivity contribution in [2.24, 2.45) is 4.99 Å². The largest absolute Gasteiger partial charge is 0.379 e. The summed E-state index contributed by atoms with van der Waals surface area (Å²) in [5.74, 6) is 0. The van der Waals surface area contributed by atoms with Gasteiger partial charge in [-0.05, 0) is 49.3 Å². The lowest BCUT2D eigenvalue weighted by Crippen LogP contribution is -2.49. The summed E-state index contributed by atoms with van der Waals surface area (Å²) >= 11 is 4.63. The van der Waals surface area contributed by atoms with Crippen molar-refractivity contribution >= 4 is 28.8 Å². The summed E-state index contributed by atoms with van der Waals surface area (Å²) in [4.78, 5) is 9.05. The minimum atomic E-state index is 0.726. The van der Waals surface area contributed by atoms with E-state index in [4.69, 9.17) is 4.74 Å². The molecule has 0 aliphatic carbocycles. The normalized spacial score (nSPS) is 21.0. The van der Waals surface area contributed by atoms with Crippen LogP contribution in [0, 0.1) is 0 Å². The summed E-state index contributed by atoms with van der Waals surface area (Å²) in [5.41, 5.74) is 2.15. The number of nitrogens with zero attached hydrogens (tertiary/aromatic N) is 3. The SMILES string of the molecule is S=C=Nc1ccc(N2CCC(N3CCOCC3)CC2)cc1. The summed E-state index contributed by atoms with van der Waals surface area (Å²) in [6.45, 7) is 6.21. The Labute approximate surface area is 131 Å². The second kappa shape index (κ2) is 7.14. The van der Waals surface area contributed by atoms with E-state index in [1.54, 1.807) is 0 Å². The van der Waals surface area contributed by atoms with E-state index < -0.39 is 0 Å². The Kier molecular flexibility index (Phi) is 4.99. The molecule has 1 aromatic carbocycles. The number of aliphatic imine (C=N–C) groups is 1. The lowest BCUT2D eigenvalue weighted by atomic mass is 10.0. The Hall–Kier alpha value is -1.26. The molecule has 2 saturated heterocycles. The van der Waals surface area contributed by atoms with Crippen molar-refractivity contribution in [1.29, 1.82) is 0 Å². The van der Waals surface area contributed by atoms with Crippen LogP contribution < -0.4 is 4.90 Å². The first-order valence-electron chi connectivity index (χ1n) is 7.61. The first kappa shape index (κ1) is 14.7. The van der Waals surface area contributed by atoms with Crippen LogP contribution in [-0.2, 0) is 4.74 Å². The molecule has 2 aliphatic heterocycles. The second-order valence-corrected chi connectivity index (χ2v) is 5.77. The maximum Gasteiger partial charge on any atom is 0.0741 e. The molecule has 2 aliphatic rings. The number of benzene rings is 1. The molecule has 112 valence electrons. The zero-order valence-corrected chi connectivity index (χ0v) is 13.0. The minimum Gasteiger partial charge on any atom is -0.379 e. The van der Waals surface area contributed by atoms with Gasteiger partial charge in [0.05, 0.1) is 24.1 Å². The average molecular weight is 303 g/mol. The molecule has 5 heteroatoms. The third-order valence-electron chi connectivity index (χ3n) is 4.42. The lowest BCUT2D eigenvalue weighted by molar-refractivity contribution is 0.0115. The standard InChI is InChI=1S/C16H21N3OS/c21-13-17-14-1-3-15(4-2-14)18-7-5-16(6-8-18)19-9-11-20-12-10-19/h1-4,16H,5-12H2. The van der Waals surface area contributed by atoms with Gasteiger partial charge in [-0.3, -0.25) is 4.90 Å². The van der Waals surface area contributed by atoms with E-state index in [0.717, 1.165) is 51.1 Å². The van der Waals surface area contributed by atoms with E-state index in [-0.39, 0.29) is 0 Å². The molecule has 0 aromatic heterocycles. The highest BCUT2D eigenvalue weighted by molar-refractivity contribution is 7.78. The van der Waals surface area contributed by atoms with E-state index in [0.29, 0.717) is 0 Å². The molecule has 0 amide bonds. The van der Waals surface area contributed by atoms with Crippen LogP contribution in [0.2, 0.25) is 0 Å². The van der Waals surface area contributed by atoms with Crippen molar-refractivity contribution in [3.8, 4) is 0 Å². The van der Waals surface area contributed by atoms with Crippen LogP contribution >= 0.6 is 12.2 Å². The summed E-state index contributed by atoms with van der Waals surface area (Å²) < 4.78 is 5.44. The number of ether oxygens (including phenoxy) is 1. The third kappa shape index (κ3) is 3.69. The Bertz CT molecular complexity index is 499. The summed E-state index contributed by atoms with van der Waals surface area (Å²) in [7, 11) is 0. The van der Waals surface area contributed by atoms with Crippen LogP contribution in [-0.4, -0.2) is 55.5 Å². The first-order valence-corrected chi connectivity index (χ1v) is 8.02. The molecule has 3 rings (SSSR count). The van der Waals surface area contributed by atoms with Crippen molar-refractivity contribution in [3.63, 3.8) is 0 Å². The molecule has 2 fully saturated rings. The molecular formula is C16H21N3OS. The van der Waals surface area contributed by atoms with Gasteiger partial charge < -0.3 is 9.64 Å². The van der Waals surface area contributed by atoms with Crippen molar-refractivity contribution in [1.82, 2.24) is 4.90 Å². The zero-order valence-electron chi connectivity index (χ0n) is 12.2. The minimum absolute atomic E-state index is 0.726. The van der Waals surface area contributed by atoms with Crippen molar-refractivity contribution in [2.75, 3.05) is 44.3 Å². The van der Waals surface area contributed by atoms with Gasteiger partial charge in [0.15, 0.2) is 0 Å². The van der Waals surface area contributed by atoms with E-state index in [1.807, 2.05) is 12.1 Å². The number of hydrogen-bond donors (Lipinski definition) is 0. The molecule has 0 saturated carbocycles. The van der Waals surface area contributed by atoms with E-state index in [9.17, 15) is 0 Å². The summed E-state index contributed by atoms with van der Waals surface area (Å²) in [5, 5.41) is 2.40. The van der Waals surface area contributed by atoms with Gasteiger partial charge in [-0.2, -0.15) is 4.99 Å². The van der Waals surface area contributed by atoms with Crippen molar-refractivity contribution in [2.45, 2.75) is 18.9 Å². The van der Waals surface area contributed by atoms with Gasteiger partial charge in [-0.25, -0.2) is 0 Å². The quantitative estimate of drug-likeness (QED) is 0.634. The lowest BCUT2D eigenvalue weighted by Gasteiger charge is -2.40. The molecule has 0 atom stereocenters. The number of morpholine rings is 1. The molecule has 0 spiro atoms. The number of rotatable bonds is 3. The maximum atomic E-state index is 5.44. The predicted octanol–water partition coefficient (Wildman–Crippen LogP) is 2.72. The molecule has 4 nitrogen and oxygen atoms in total. The van der Waals surface area contributed by atoms with Crippen LogP contribution in [0.15, 0.2) is 29.3 Å². The Balaban J connectivity index is 1.56. The second-order valence-electron chi connectivity index (χ2n) is 5.59. The van der Waals surface area contributed by atoms with E-state index >= 15 is 0 Å². The third-order valence-corrected chi connectivity index (χ3v) is 4.51. The average Bonchev–Trinajstić information content (AvgIpc) is 2.57. The number of anilines is 1. The zero-order chi connectivity index (χ0) is 14.5. The molecule has 1 aromatic rings. The molecule has 0 unspecified atom stereocenters. The number of isothiocyanates is 1. The molecule has 0 N–H and O–H groups in total. The van der Waals surface area contributed by atoms with Gasteiger partial charge in [0, 0.05) is 37.9 Å². The molecular weight excluding hydrogens is 282 g/mol. The van der Waals surface area contributed by atoms with Gasteiger partial charge >= 0.3 is 0 Å². The van der Waals surface area contributed by atoms with Crippen LogP contribution in [0.3, 0.4) is 0 Å². The van der Waals surface area contributed by atoms with Gasteiger partial charge in [-0.15, -0.1) is 0 Å². The number of hydrogen-bond acceptors (Lipinski definition) is 5. The highest BCUT2D eigenvalue weighted by Crippen LogP contribution is 2.25. The van der Waals surface area contributed by atoms with E-state index in [2.05, 4.69) is 44.3 Å². The fraction of sp³-hybridized carbons (Fsp3) is 0.562. The summed E-state index contributed by atoms with van der Waals surface area (Å²) in [6, 6.07) is 8.98. The molecule has 0 bridgehead atoms. The monoisotopic (exact) mass is 303 g/mol. The van der Waals surface area contributed by atoms with Gasteiger partial charge in [0.25, 0.3) is 0 Å². The highest BCUT2D eigenvalue weighted by Gasteiger charge is 2.25. The van der Waals surface area contributed by atoms with Crippen LogP contribution in [0.25, 0.3) is 0 Å². The van der Waals surface area contributed by atoms with Crippen LogP contribution in [0.1, 0.15) is 12.8 Å². The maximum absolute atomic E-state index is 5.44. The topological polar surface area (TPSA) is 28.1 Å².